The van der Waals surface area contributed by atoms with Crippen molar-refractivity contribution in [3.8, 4) is 0 Å². The minimum Gasteiger partial charge on any atom is -0.469 e. The van der Waals surface area contributed by atoms with E-state index >= 15 is 0 Å². The van der Waals surface area contributed by atoms with Crippen LogP contribution >= 0.6 is 0 Å². The molecule has 150 valence electrons. The van der Waals surface area contributed by atoms with E-state index in [4.69, 9.17) is 14.1 Å². The van der Waals surface area contributed by atoms with Crippen LogP contribution in [0, 0.1) is 0 Å². The lowest BCUT2D eigenvalue weighted by atomic mass is 9.96. The third-order valence-corrected chi connectivity index (χ3v) is 6.16. The number of rotatable bonds is 5. The number of ether oxygens (including phenoxy) is 1. The highest BCUT2D eigenvalue weighted by molar-refractivity contribution is 5.80. The molecule has 3 fully saturated rings. The Labute approximate surface area is 162 Å². The number of guanidine groups is 1. The Kier molecular flexibility index (Phi) is 6.69. The largest absolute Gasteiger partial charge is 0.469 e. The number of likely N-dealkylation sites (tertiary alicyclic amines) is 1. The molecular formula is C21H34N4O2. The zero-order valence-electron chi connectivity index (χ0n) is 16.4. The molecule has 0 bridgehead atoms. The predicted octanol–water partition coefficient (Wildman–Crippen LogP) is 2.51. The number of nitrogens with zero attached hydrogens (tertiary/aromatic N) is 3. The maximum absolute atomic E-state index is 5.52. The minimum atomic E-state index is 0.587. The van der Waals surface area contributed by atoms with Gasteiger partial charge in [0, 0.05) is 51.2 Å². The van der Waals surface area contributed by atoms with E-state index in [-0.39, 0.29) is 0 Å². The number of hydrogen-bond donors (Lipinski definition) is 1. The monoisotopic (exact) mass is 374 g/mol. The minimum absolute atomic E-state index is 0.587. The second kappa shape index (κ2) is 9.60. The van der Waals surface area contributed by atoms with Gasteiger partial charge in [0.2, 0.25) is 0 Å². The first-order chi connectivity index (χ1) is 13.4. The summed E-state index contributed by atoms with van der Waals surface area (Å²) in [6.45, 7) is 6.85. The summed E-state index contributed by atoms with van der Waals surface area (Å²) in [4.78, 5) is 10.1. The normalized spacial score (nSPS) is 25.9. The standard InChI is InChI=1S/C21H34N4O2/c1-2-5-18(6-3-1)23-21(22-10-8-20-7-4-14-27-20)25-11-9-19(17-25)24-12-15-26-16-13-24/h4,7,14,18-19H,1-3,5-6,8-13,15-17H2,(H,22,23). The quantitative estimate of drug-likeness (QED) is 0.634. The van der Waals surface area contributed by atoms with Crippen LogP contribution in [0.1, 0.15) is 44.3 Å². The number of aliphatic imine (C=N–C) groups is 1. The molecule has 1 atom stereocenters. The molecule has 3 aliphatic rings. The van der Waals surface area contributed by atoms with Crippen molar-refractivity contribution >= 4 is 5.96 Å². The smallest absolute Gasteiger partial charge is 0.194 e. The molecule has 1 aliphatic carbocycles. The molecule has 0 amide bonds. The van der Waals surface area contributed by atoms with Gasteiger partial charge in [0.25, 0.3) is 0 Å². The van der Waals surface area contributed by atoms with Crippen molar-refractivity contribution in [2.24, 2.45) is 4.99 Å². The van der Waals surface area contributed by atoms with E-state index in [1.807, 2.05) is 12.1 Å². The number of furan rings is 1. The van der Waals surface area contributed by atoms with Crippen LogP contribution in [0.2, 0.25) is 0 Å². The van der Waals surface area contributed by atoms with Crippen molar-refractivity contribution in [1.82, 2.24) is 15.1 Å². The third kappa shape index (κ3) is 5.26. The van der Waals surface area contributed by atoms with Crippen LogP contribution in [-0.4, -0.2) is 73.8 Å². The van der Waals surface area contributed by atoms with Crippen molar-refractivity contribution < 1.29 is 9.15 Å². The van der Waals surface area contributed by atoms with Crippen LogP contribution in [0.4, 0.5) is 0 Å². The van der Waals surface area contributed by atoms with Crippen molar-refractivity contribution in [1.29, 1.82) is 0 Å². The van der Waals surface area contributed by atoms with Crippen LogP contribution in [0.3, 0.4) is 0 Å². The predicted molar refractivity (Wildman–Crippen MR) is 107 cm³/mol. The lowest BCUT2D eigenvalue weighted by Gasteiger charge is -2.33. The fraction of sp³-hybridized carbons (Fsp3) is 0.762. The molecule has 3 heterocycles. The van der Waals surface area contributed by atoms with Gasteiger partial charge >= 0.3 is 0 Å². The highest BCUT2D eigenvalue weighted by Crippen LogP contribution is 2.20. The van der Waals surface area contributed by atoms with Gasteiger partial charge in [-0.05, 0) is 31.4 Å². The second-order valence-corrected chi connectivity index (χ2v) is 8.05. The molecule has 2 saturated heterocycles. The van der Waals surface area contributed by atoms with Crippen molar-refractivity contribution in [3.63, 3.8) is 0 Å². The molecule has 1 aromatic heterocycles. The number of nitrogens with one attached hydrogen (secondary N) is 1. The molecule has 0 radical (unpaired) electrons. The molecular weight excluding hydrogens is 340 g/mol. The summed E-state index contributed by atoms with van der Waals surface area (Å²) in [6, 6.07) is 5.21. The fourth-order valence-corrected chi connectivity index (χ4v) is 4.57. The second-order valence-electron chi connectivity index (χ2n) is 8.05. The van der Waals surface area contributed by atoms with Crippen LogP contribution in [0.5, 0.6) is 0 Å². The molecule has 6 heteroatoms. The molecule has 27 heavy (non-hydrogen) atoms. The van der Waals surface area contributed by atoms with E-state index in [2.05, 4.69) is 15.1 Å². The first-order valence-electron chi connectivity index (χ1n) is 10.8. The van der Waals surface area contributed by atoms with Gasteiger partial charge in [0.1, 0.15) is 5.76 Å². The first-order valence-corrected chi connectivity index (χ1v) is 10.8. The van der Waals surface area contributed by atoms with E-state index in [0.717, 1.165) is 64.1 Å². The summed E-state index contributed by atoms with van der Waals surface area (Å²) in [5, 5.41) is 3.80. The van der Waals surface area contributed by atoms with Crippen LogP contribution in [0.25, 0.3) is 0 Å². The number of hydrogen-bond acceptors (Lipinski definition) is 4. The molecule has 6 nitrogen and oxygen atoms in total. The van der Waals surface area contributed by atoms with Gasteiger partial charge < -0.3 is 19.4 Å². The summed E-state index contributed by atoms with van der Waals surface area (Å²) in [5.74, 6) is 2.13. The van der Waals surface area contributed by atoms with Gasteiger partial charge in [0.05, 0.1) is 19.5 Å². The maximum Gasteiger partial charge on any atom is 0.194 e. The summed E-state index contributed by atoms with van der Waals surface area (Å²) >= 11 is 0. The average molecular weight is 375 g/mol. The Hall–Kier alpha value is -1.53. The molecule has 1 N–H and O–H groups in total. The van der Waals surface area contributed by atoms with Gasteiger partial charge in [-0.2, -0.15) is 0 Å². The Morgan fingerprint density at radius 3 is 2.74 bits per heavy atom. The SMILES string of the molecule is c1coc(CCN=C(NC2CCCCC2)N2CCC(N3CCOCC3)C2)c1. The lowest BCUT2D eigenvalue weighted by Crippen LogP contribution is -2.48. The molecule has 2 aliphatic heterocycles. The van der Waals surface area contributed by atoms with Crippen molar-refractivity contribution in [2.75, 3.05) is 45.9 Å². The molecule has 4 rings (SSSR count). The Morgan fingerprint density at radius 2 is 1.96 bits per heavy atom. The highest BCUT2D eigenvalue weighted by Gasteiger charge is 2.31. The molecule has 0 spiro atoms. The van der Waals surface area contributed by atoms with Gasteiger partial charge in [0.15, 0.2) is 5.96 Å². The first kappa shape index (κ1) is 18.8. The van der Waals surface area contributed by atoms with E-state index < -0.39 is 0 Å². The zero-order chi connectivity index (χ0) is 18.3. The van der Waals surface area contributed by atoms with Crippen molar-refractivity contribution in [3.05, 3.63) is 24.2 Å². The van der Waals surface area contributed by atoms with E-state index in [9.17, 15) is 0 Å². The fourth-order valence-electron chi connectivity index (χ4n) is 4.57. The van der Waals surface area contributed by atoms with E-state index in [1.165, 1.54) is 38.5 Å². The van der Waals surface area contributed by atoms with Crippen LogP contribution in [0.15, 0.2) is 27.8 Å². The molecule has 1 unspecified atom stereocenters. The third-order valence-electron chi connectivity index (χ3n) is 6.16. The summed E-state index contributed by atoms with van der Waals surface area (Å²) < 4.78 is 11.0. The Morgan fingerprint density at radius 1 is 1.11 bits per heavy atom. The van der Waals surface area contributed by atoms with E-state index in [0.29, 0.717) is 12.1 Å². The van der Waals surface area contributed by atoms with Gasteiger partial charge in [-0.1, -0.05) is 19.3 Å². The lowest BCUT2D eigenvalue weighted by molar-refractivity contribution is 0.0194. The molecule has 1 saturated carbocycles. The number of morpholine rings is 1. The van der Waals surface area contributed by atoms with Gasteiger partial charge in [-0.25, -0.2) is 0 Å². The zero-order valence-corrected chi connectivity index (χ0v) is 16.4. The van der Waals surface area contributed by atoms with Gasteiger partial charge in [-0.15, -0.1) is 0 Å². The molecule has 1 aromatic rings. The van der Waals surface area contributed by atoms with E-state index in [1.54, 1.807) is 6.26 Å². The Bertz CT molecular complexity index is 577. The van der Waals surface area contributed by atoms with Crippen LogP contribution in [-0.2, 0) is 11.2 Å². The summed E-state index contributed by atoms with van der Waals surface area (Å²) in [5.41, 5.74) is 0. The Balaban J connectivity index is 1.37. The summed E-state index contributed by atoms with van der Waals surface area (Å²) in [6.07, 6.45) is 10.4. The molecule has 0 aromatic carbocycles. The van der Waals surface area contributed by atoms with Crippen LogP contribution < -0.4 is 5.32 Å². The summed E-state index contributed by atoms with van der Waals surface area (Å²) in [7, 11) is 0. The topological polar surface area (TPSA) is 53.2 Å². The van der Waals surface area contributed by atoms with Crippen molar-refractivity contribution in [2.45, 2.75) is 57.0 Å². The average Bonchev–Trinajstić information content (AvgIpc) is 3.41. The maximum atomic E-state index is 5.52. The van der Waals surface area contributed by atoms with Gasteiger partial charge in [-0.3, -0.25) is 9.89 Å². The highest BCUT2D eigenvalue weighted by atomic mass is 16.5.